The predicted octanol–water partition coefficient (Wildman–Crippen LogP) is 2.89. The Labute approximate surface area is 128 Å². The van der Waals surface area contributed by atoms with E-state index in [1.165, 1.54) is 18.4 Å². The molecule has 0 atom stereocenters. The summed E-state index contributed by atoms with van der Waals surface area (Å²) in [5.74, 6) is 2.49. The van der Waals surface area contributed by atoms with E-state index in [-0.39, 0.29) is 0 Å². The SMILES string of the molecule is CN=C(NCc1ccccc1OCC(C)C)N1CCCC1. The van der Waals surface area contributed by atoms with Gasteiger partial charge in [0.05, 0.1) is 6.61 Å². The van der Waals surface area contributed by atoms with Crippen LogP contribution in [0.5, 0.6) is 5.75 Å². The van der Waals surface area contributed by atoms with E-state index in [0.29, 0.717) is 5.92 Å². The maximum Gasteiger partial charge on any atom is 0.193 e. The standard InChI is InChI=1S/C17H27N3O/c1-14(2)13-21-16-9-5-4-8-15(16)12-19-17(18-3)20-10-6-7-11-20/h4-5,8-9,14H,6-7,10-13H2,1-3H3,(H,18,19). The maximum absolute atomic E-state index is 5.90. The monoisotopic (exact) mass is 289 g/mol. The van der Waals surface area contributed by atoms with E-state index < -0.39 is 0 Å². The minimum absolute atomic E-state index is 0.531. The zero-order valence-electron chi connectivity index (χ0n) is 13.4. The topological polar surface area (TPSA) is 36.9 Å². The maximum atomic E-state index is 5.90. The average Bonchev–Trinajstić information content (AvgIpc) is 3.01. The molecular weight excluding hydrogens is 262 g/mol. The Morgan fingerprint density at radius 1 is 1.29 bits per heavy atom. The fraction of sp³-hybridized carbons (Fsp3) is 0.588. The van der Waals surface area contributed by atoms with Crippen molar-refractivity contribution in [3.63, 3.8) is 0 Å². The lowest BCUT2D eigenvalue weighted by atomic mass is 10.2. The van der Waals surface area contributed by atoms with Crippen molar-refractivity contribution in [2.45, 2.75) is 33.2 Å². The molecule has 1 aromatic carbocycles. The largest absolute Gasteiger partial charge is 0.493 e. The van der Waals surface area contributed by atoms with E-state index >= 15 is 0 Å². The number of nitrogens with one attached hydrogen (secondary N) is 1. The minimum atomic E-state index is 0.531. The summed E-state index contributed by atoms with van der Waals surface area (Å²) in [4.78, 5) is 6.70. The predicted molar refractivity (Wildman–Crippen MR) is 87.8 cm³/mol. The van der Waals surface area contributed by atoms with Gasteiger partial charge in [-0.3, -0.25) is 4.99 Å². The fourth-order valence-electron chi connectivity index (χ4n) is 2.48. The molecule has 0 unspecified atom stereocenters. The molecule has 0 amide bonds. The van der Waals surface area contributed by atoms with Crippen LogP contribution in [0.15, 0.2) is 29.3 Å². The van der Waals surface area contributed by atoms with E-state index in [0.717, 1.165) is 38.0 Å². The number of rotatable bonds is 5. The number of benzene rings is 1. The molecule has 0 bridgehead atoms. The third-order valence-electron chi connectivity index (χ3n) is 3.60. The molecule has 4 nitrogen and oxygen atoms in total. The van der Waals surface area contributed by atoms with Gasteiger partial charge in [-0.15, -0.1) is 0 Å². The van der Waals surface area contributed by atoms with Crippen LogP contribution in [-0.4, -0.2) is 37.6 Å². The molecule has 1 N–H and O–H groups in total. The summed E-state index contributed by atoms with van der Waals surface area (Å²) in [6.45, 7) is 8.03. The average molecular weight is 289 g/mol. The van der Waals surface area contributed by atoms with Gasteiger partial charge in [-0.25, -0.2) is 0 Å². The van der Waals surface area contributed by atoms with Gasteiger partial charge in [0.25, 0.3) is 0 Å². The van der Waals surface area contributed by atoms with Crippen molar-refractivity contribution in [2.75, 3.05) is 26.7 Å². The van der Waals surface area contributed by atoms with Crippen molar-refractivity contribution in [3.05, 3.63) is 29.8 Å². The lowest BCUT2D eigenvalue weighted by Gasteiger charge is -2.21. The lowest BCUT2D eigenvalue weighted by Crippen LogP contribution is -2.39. The smallest absolute Gasteiger partial charge is 0.193 e. The molecule has 1 aromatic rings. The first kappa shape index (κ1) is 15.7. The van der Waals surface area contributed by atoms with E-state index in [1.807, 2.05) is 19.2 Å². The van der Waals surface area contributed by atoms with Crippen LogP contribution in [0.25, 0.3) is 0 Å². The van der Waals surface area contributed by atoms with Crippen LogP contribution in [0.2, 0.25) is 0 Å². The second-order valence-corrected chi connectivity index (χ2v) is 5.91. The number of likely N-dealkylation sites (tertiary alicyclic amines) is 1. The molecule has 1 heterocycles. The van der Waals surface area contributed by atoms with Crippen LogP contribution in [0.3, 0.4) is 0 Å². The van der Waals surface area contributed by atoms with Crippen molar-refractivity contribution in [3.8, 4) is 5.75 Å². The summed E-state index contributed by atoms with van der Waals surface area (Å²) in [5, 5.41) is 3.45. The molecule has 4 heteroatoms. The Morgan fingerprint density at radius 2 is 2.00 bits per heavy atom. The highest BCUT2D eigenvalue weighted by molar-refractivity contribution is 5.80. The summed E-state index contributed by atoms with van der Waals surface area (Å²) in [6, 6.07) is 8.23. The summed E-state index contributed by atoms with van der Waals surface area (Å²) in [7, 11) is 1.85. The fourth-order valence-corrected chi connectivity index (χ4v) is 2.48. The van der Waals surface area contributed by atoms with Gasteiger partial charge in [-0.05, 0) is 24.8 Å². The molecule has 21 heavy (non-hydrogen) atoms. The Morgan fingerprint density at radius 3 is 2.67 bits per heavy atom. The van der Waals surface area contributed by atoms with E-state index in [2.05, 4.69) is 41.2 Å². The van der Waals surface area contributed by atoms with Gasteiger partial charge >= 0.3 is 0 Å². The van der Waals surface area contributed by atoms with Gasteiger partial charge in [0, 0.05) is 32.2 Å². The molecule has 1 aliphatic heterocycles. The number of ether oxygens (including phenoxy) is 1. The number of hydrogen-bond donors (Lipinski definition) is 1. The van der Waals surface area contributed by atoms with Gasteiger partial charge in [-0.1, -0.05) is 32.0 Å². The van der Waals surface area contributed by atoms with Crippen molar-refractivity contribution >= 4 is 5.96 Å². The first-order valence-electron chi connectivity index (χ1n) is 7.87. The second-order valence-electron chi connectivity index (χ2n) is 5.91. The number of aliphatic imine (C=N–C) groups is 1. The molecule has 1 saturated heterocycles. The summed E-state index contributed by atoms with van der Waals surface area (Å²) in [5.41, 5.74) is 1.18. The molecular formula is C17H27N3O. The molecule has 0 spiro atoms. The highest BCUT2D eigenvalue weighted by atomic mass is 16.5. The van der Waals surface area contributed by atoms with Gasteiger partial charge in [0.15, 0.2) is 5.96 Å². The highest BCUT2D eigenvalue weighted by Crippen LogP contribution is 2.19. The third kappa shape index (κ3) is 4.66. The molecule has 0 saturated carbocycles. The summed E-state index contributed by atoms with van der Waals surface area (Å²) < 4.78 is 5.90. The lowest BCUT2D eigenvalue weighted by molar-refractivity contribution is 0.268. The minimum Gasteiger partial charge on any atom is -0.493 e. The van der Waals surface area contributed by atoms with E-state index in [1.54, 1.807) is 0 Å². The van der Waals surface area contributed by atoms with Gasteiger partial charge in [-0.2, -0.15) is 0 Å². The zero-order valence-corrected chi connectivity index (χ0v) is 13.4. The number of guanidine groups is 1. The first-order chi connectivity index (χ1) is 10.2. The van der Waals surface area contributed by atoms with Crippen molar-refractivity contribution in [1.29, 1.82) is 0 Å². The van der Waals surface area contributed by atoms with E-state index in [4.69, 9.17) is 4.74 Å². The van der Waals surface area contributed by atoms with Crippen LogP contribution in [0.1, 0.15) is 32.3 Å². The van der Waals surface area contributed by atoms with Gasteiger partial charge in [0.2, 0.25) is 0 Å². The number of nitrogens with zero attached hydrogens (tertiary/aromatic N) is 2. The van der Waals surface area contributed by atoms with Gasteiger partial charge < -0.3 is 15.0 Å². The third-order valence-corrected chi connectivity index (χ3v) is 3.60. The Kier molecular flexibility index (Phi) is 5.90. The summed E-state index contributed by atoms with van der Waals surface area (Å²) in [6.07, 6.45) is 2.52. The van der Waals surface area contributed by atoms with Gasteiger partial charge in [0.1, 0.15) is 5.75 Å². The van der Waals surface area contributed by atoms with Crippen LogP contribution in [-0.2, 0) is 6.54 Å². The number of para-hydroxylation sites is 1. The Hall–Kier alpha value is -1.71. The Balaban J connectivity index is 1.95. The van der Waals surface area contributed by atoms with Crippen LogP contribution >= 0.6 is 0 Å². The summed E-state index contributed by atoms with van der Waals surface area (Å²) >= 11 is 0. The van der Waals surface area contributed by atoms with Crippen molar-refractivity contribution in [1.82, 2.24) is 10.2 Å². The van der Waals surface area contributed by atoms with Crippen LogP contribution in [0.4, 0.5) is 0 Å². The van der Waals surface area contributed by atoms with E-state index in [9.17, 15) is 0 Å². The highest BCUT2D eigenvalue weighted by Gasteiger charge is 2.15. The normalized spacial score (nSPS) is 15.6. The zero-order chi connectivity index (χ0) is 15.1. The second kappa shape index (κ2) is 7.91. The number of hydrogen-bond acceptors (Lipinski definition) is 2. The molecule has 0 aromatic heterocycles. The van der Waals surface area contributed by atoms with Crippen molar-refractivity contribution < 1.29 is 4.74 Å². The van der Waals surface area contributed by atoms with Crippen LogP contribution in [0, 0.1) is 5.92 Å². The van der Waals surface area contributed by atoms with Crippen molar-refractivity contribution in [2.24, 2.45) is 10.9 Å². The molecule has 1 fully saturated rings. The first-order valence-corrected chi connectivity index (χ1v) is 7.87. The molecule has 116 valence electrons. The quantitative estimate of drug-likeness (QED) is 0.669. The Bertz CT molecular complexity index is 465. The molecule has 0 radical (unpaired) electrons. The van der Waals surface area contributed by atoms with Crippen LogP contribution < -0.4 is 10.1 Å². The molecule has 1 aliphatic rings. The molecule has 0 aliphatic carbocycles. The molecule has 2 rings (SSSR count).